The van der Waals surface area contributed by atoms with E-state index < -0.39 is 9.05 Å². The fourth-order valence-corrected chi connectivity index (χ4v) is 0. The van der Waals surface area contributed by atoms with E-state index in [9.17, 15) is 0 Å². The Kier molecular flexibility index (Phi) is 43.4. The largest absolute Gasteiger partial charge is 2.00 e. The molecule has 0 saturated carbocycles. The van der Waals surface area contributed by atoms with E-state index >= 15 is 0 Å². The Morgan fingerprint density at radius 1 is 1.00 bits per heavy atom. The smallest absolute Gasteiger partial charge is 1.00 e. The van der Waals surface area contributed by atoms with Gasteiger partial charge in [0.2, 0.25) is 0 Å². The SMILES string of the molecule is F.O[Si](O)(O)O.[AlH3].[Ba+2].[H-].[H-].[SiH4]. The van der Waals surface area contributed by atoms with Gasteiger partial charge in [-0.25, -0.2) is 0 Å². The Labute approximate surface area is 111 Å². The van der Waals surface area contributed by atoms with Gasteiger partial charge in [-0.3, -0.25) is 4.70 Å². The second-order valence-corrected chi connectivity index (χ2v) is 1.80. The molecule has 0 atom stereocenters. The van der Waals surface area contributed by atoms with Crippen molar-refractivity contribution in [3.63, 3.8) is 0 Å². The average molecular weight is 318 g/mol. The molecule has 0 bridgehead atoms. The van der Waals surface area contributed by atoms with Gasteiger partial charge >= 0.3 is 57.9 Å². The Hall–Kier alpha value is 2.31. The average Bonchev–Trinajstić information content (AvgIpc) is 0.722. The maximum absolute atomic E-state index is 7.33. The Bertz CT molecular complexity index is 41.6. The molecule has 9 heteroatoms. The minimum atomic E-state index is -4.61. The Morgan fingerprint density at radius 2 is 1.00 bits per heavy atom. The van der Waals surface area contributed by atoms with Crippen LogP contribution in [-0.2, 0) is 0 Å². The van der Waals surface area contributed by atoms with Gasteiger partial charge in [0, 0.05) is 0 Å². The summed E-state index contributed by atoms with van der Waals surface area (Å²) in [6.45, 7) is 0. The minimum Gasteiger partial charge on any atom is -1.00 e. The number of halogens is 1. The van der Waals surface area contributed by atoms with E-state index in [2.05, 4.69) is 0 Å². The van der Waals surface area contributed by atoms with Gasteiger partial charge in [-0.2, -0.15) is 0 Å². The molecule has 0 unspecified atom stereocenters. The van der Waals surface area contributed by atoms with Gasteiger partial charge in [0.15, 0.2) is 17.4 Å². The van der Waals surface area contributed by atoms with E-state index in [1.807, 2.05) is 0 Å². The molecule has 0 aromatic carbocycles. The van der Waals surface area contributed by atoms with Crippen molar-refractivity contribution in [1.82, 2.24) is 0 Å². The molecule has 0 radical (unpaired) electrons. The van der Waals surface area contributed by atoms with Crippen LogP contribution >= 0.6 is 0 Å². The van der Waals surface area contributed by atoms with E-state index in [1.54, 1.807) is 0 Å². The van der Waals surface area contributed by atoms with Crippen molar-refractivity contribution >= 4 is 86.3 Å². The summed E-state index contributed by atoms with van der Waals surface area (Å²) in [5.41, 5.74) is 0. The molecule has 0 saturated heterocycles. The Morgan fingerprint density at radius 3 is 1.00 bits per heavy atom. The first-order valence-corrected chi connectivity index (χ1v) is 2.68. The van der Waals surface area contributed by atoms with Gasteiger partial charge < -0.3 is 22.0 Å². The molecule has 4 N–H and O–H groups in total. The van der Waals surface area contributed by atoms with E-state index in [0.717, 1.165) is 0 Å². The zero-order valence-corrected chi connectivity index (χ0v) is 8.84. The van der Waals surface area contributed by atoms with Crippen LogP contribution in [0.2, 0.25) is 0 Å². The third-order valence-electron chi connectivity index (χ3n) is 0. The van der Waals surface area contributed by atoms with Gasteiger partial charge in [-0.05, 0) is 11.0 Å². The van der Waals surface area contributed by atoms with Crippen molar-refractivity contribution in [2.75, 3.05) is 0 Å². The van der Waals surface area contributed by atoms with Crippen LogP contribution in [-0.4, -0.2) is 105 Å². The zero-order valence-electron chi connectivity index (χ0n) is 5.40. The minimum absolute atomic E-state index is 0. The zero-order chi connectivity index (χ0) is 4.50. The summed E-state index contributed by atoms with van der Waals surface area (Å²) in [5.74, 6) is 0. The molecule has 0 aliphatic rings. The summed E-state index contributed by atoms with van der Waals surface area (Å²) in [4.78, 5) is 29.3. The van der Waals surface area contributed by atoms with Crippen LogP contribution in [0, 0.1) is 0 Å². The van der Waals surface area contributed by atoms with Gasteiger partial charge in [-0.15, -0.1) is 0 Å². The van der Waals surface area contributed by atoms with Crippen molar-refractivity contribution in [2.24, 2.45) is 0 Å². The molecule has 58 valence electrons. The molecule has 0 aliphatic heterocycles. The third-order valence-corrected chi connectivity index (χ3v) is 0. The molecular weight excluding hydrogens is 303 g/mol. The standard InChI is InChI=1S/Al.Ba.FH.H4O4Si.H4Si.5H/c;;;1-5(2,3)4;;;;;;/h;;1H;1-4H;1H4;;;;;/q;+2;;;;;;;2*-1. The van der Waals surface area contributed by atoms with Crippen LogP contribution in [0.15, 0.2) is 0 Å². The normalized spacial score (nSPS) is 6.67. The van der Waals surface area contributed by atoms with Crippen LogP contribution in [0.5, 0.6) is 0 Å². The van der Waals surface area contributed by atoms with E-state index in [-0.39, 0.29) is 84.8 Å². The topological polar surface area (TPSA) is 80.9 Å². The summed E-state index contributed by atoms with van der Waals surface area (Å²) >= 11 is 0. The van der Waals surface area contributed by atoms with E-state index in [0.29, 0.717) is 0 Å². The number of hydrogen-bond acceptors (Lipinski definition) is 4. The van der Waals surface area contributed by atoms with Crippen molar-refractivity contribution in [2.45, 2.75) is 0 Å². The van der Waals surface area contributed by atoms with Crippen molar-refractivity contribution < 1.29 is 26.7 Å². The first-order chi connectivity index (χ1) is 2.00. The molecule has 0 heterocycles. The predicted octanol–water partition coefficient (Wildman–Crippen LogP) is -5.25. The fraction of sp³-hybridized carbons (Fsp3) is 0. The number of hydrogen-bond donors (Lipinski definition) is 4. The van der Waals surface area contributed by atoms with Crippen molar-refractivity contribution in [3.8, 4) is 0 Å². The van der Waals surface area contributed by atoms with E-state index in [4.69, 9.17) is 19.2 Å². The molecule has 0 aliphatic carbocycles. The summed E-state index contributed by atoms with van der Waals surface area (Å²) in [6, 6.07) is 0. The van der Waals surface area contributed by atoms with Crippen molar-refractivity contribution in [1.29, 1.82) is 0 Å². The summed E-state index contributed by atoms with van der Waals surface area (Å²) in [6.07, 6.45) is 0. The summed E-state index contributed by atoms with van der Waals surface area (Å²) < 4.78 is 0. The molecule has 0 aromatic heterocycles. The maximum Gasteiger partial charge on any atom is 2.00 e. The quantitative estimate of drug-likeness (QED) is 0.337. The summed E-state index contributed by atoms with van der Waals surface area (Å²) in [7, 11) is -4.61. The second kappa shape index (κ2) is 12.9. The monoisotopic (exact) mass is 318 g/mol. The van der Waals surface area contributed by atoms with Gasteiger partial charge in [-0.1, -0.05) is 0 Å². The molecule has 0 aromatic rings. The van der Waals surface area contributed by atoms with Crippen LogP contribution in [0.3, 0.4) is 0 Å². The van der Waals surface area contributed by atoms with Gasteiger partial charge in [0.1, 0.15) is 0 Å². The van der Waals surface area contributed by atoms with Crippen LogP contribution in [0.25, 0.3) is 0 Å². The fourth-order valence-electron chi connectivity index (χ4n) is 0. The first kappa shape index (κ1) is 30.2. The van der Waals surface area contributed by atoms with Crippen LogP contribution in [0.1, 0.15) is 2.85 Å². The van der Waals surface area contributed by atoms with Gasteiger partial charge in [0.25, 0.3) is 0 Å². The molecule has 0 rings (SSSR count). The molecular formula is H14AlBaFO4Si2. The van der Waals surface area contributed by atoms with Crippen LogP contribution in [0.4, 0.5) is 4.70 Å². The molecule has 0 amide bonds. The third kappa shape index (κ3) is 134. The summed E-state index contributed by atoms with van der Waals surface area (Å²) in [5, 5.41) is 0. The van der Waals surface area contributed by atoms with Crippen molar-refractivity contribution in [3.05, 3.63) is 0 Å². The predicted molar refractivity (Wildman–Crippen MR) is 46.4 cm³/mol. The number of rotatable bonds is 0. The second-order valence-electron chi connectivity index (χ2n) is 0.600. The molecule has 9 heavy (non-hydrogen) atoms. The van der Waals surface area contributed by atoms with E-state index in [1.165, 1.54) is 0 Å². The van der Waals surface area contributed by atoms with Crippen LogP contribution < -0.4 is 0 Å². The first-order valence-electron chi connectivity index (χ1n) is 0.894. The Balaban J connectivity index is -0.00000000533. The molecule has 4 nitrogen and oxygen atoms in total. The molecule has 0 spiro atoms. The van der Waals surface area contributed by atoms with Gasteiger partial charge in [0.05, 0.1) is 0 Å². The molecule has 0 fully saturated rings. The maximum atomic E-state index is 7.33.